The van der Waals surface area contributed by atoms with E-state index < -0.39 is 0 Å². The van der Waals surface area contributed by atoms with Crippen LogP contribution in [0.4, 0.5) is 22.7 Å². The second kappa shape index (κ2) is 13.0. The van der Waals surface area contributed by atoms with Gasteiger partial charge in [-0.15, -0.1) is 0 Å². The van der Waals surface area contributed by atoms with Gasteiger partial charge in [0, 0.05) is 22.1 Å². The molecule has 0 atom stereocenters. The predicted octanol–water partition coefficient (Wildman–Crippen LogP) is 14.9. The molecule has 0 N–H and O–H groups in total. The van der Waals surface area contributed by atoms with E-state index in [1.807, 2.05) is 24.3 Å². The normalized spacial score (nSPS) is 11.3. The van der Waals surface area contributed by atoms with Gasteiger partial charge in [0.1, 0.15) is 5.58 Å². The summed E-state index contributed by atoms with van der Waals surface area (Å²) < 4.78 is 6.78. The Morgan fingerprint density at radius 1 is 0.426 bits per heavy atom. The lowest BCUT2D eigenvalue weighted by Gasteiger charge is -2.26. The number of hydrogen-bond acceptors (Lipinski definition) is 2. The molecule has 0 saturated heterocycles. The number of para-hydroxylation sites is 1. The number of nitrogens with zero attached hydrogens (tertiary/aromatic N) is 2. The van der Waals surface area contributed by atoms with Gasteiger partial charge in [0.15, 0.2) is 11.3 Å². The molecule has 0 radical (unpaired) electrons. The van der Waals surface area contributed by atoms with Crippen molar-refractivity contribution in [3.8, 4) is 33.4 Å². The SMILES string of the molecule is [C-]#[N+]c1ccc(-c2cccc(N(c3ccc(-c4cccc5cccc(-c6ccccc6)c45)cc3)c3cccc4c3oc3ccc5ccccc5c34)c2)cc1. The topological polar surface area (TPSA) is 20.7 Å². The van der Waals surface area contributed by atoms with Crippen molar-refractivity contribution in [3.05, 3.63) is 206 Å². The summed E-state index contributed by atoms with van der Waals surface area (Å²) in [5.74, 6) is 0. The van der Waals surface area contributed by atoms with Gasteiger partial charge in [-0.3, -0.25) is 0 Å². The van der Waals surface area contributed by atoms with E-state index in [0.717, 1.165) is 55.7 Å². The van der Waals surface area contributed by atoms with Gasteiger partial charge >= 0.3 is 0 Å². The molecule has 0 fully saturated rings. The minimum Gasteiger partial charge on any atom is -0.454 e. The molecule has 1 heterocycles. The Labute approximate surface area is 313 Å². The fourth-order valence-electron chi connectivity index (χ4n) is 7.94. The average Bonchev–Trinajstić information content (AvgIpc) is 3.64. The zero-order valence-electron chi connectivity index (χ0n) is 29.3. The first-order valence-corrected chi connectivity index (χ1v) is 18.1. The van der Waals surface area contributed by atoms with Gasteiger partial charge in [0.05, 0.1) is 12.3 Å². The summed E-state index contributed by atoms with van der Waals surface area (Å²) in [7, 11) is 0. The molecule has 10 rings (SSSR count). The van der Waals surface area contributed by atoms with Crippen LogP contribution in [0.5, 0.6) is 0 Å². The lowest BCUT2D eigenvalue weighted by molar-refractivity contribution is 0.669. The van der Waals surface area contributed by atoms with E-state index in [9.17, 15) is 0 Å². The van der Waals surface area contributed by atoms with Crippen LogP contribution in [0.2, 0.25) is 0 Å². The molecule has 9 aromatic carbocycles. The van der Waals surface area contributed by atoms with Crippen molar-refractivity contribution in [1.82, 2.24) is 0 Å². The summed E-state index contributed by atoms with van der Waals surface area (Å²) in [6.45, 7) is 7.42. The van der Waals surface area contributed by atoms with E-state index in [2.05, 4.69) is 180 Å². The molecule has 0 saturated carbocycles. The summed E-state index contributed by atoms with van der Waals surface area (Å²) in [5.41, 5.74) is 12.2. The Balaban J connectivity index is 1.16. The molecule has 1 aromatic heterocycles. The maximum Gasteiger partial charge on any atom is 0.187 e. The number of fused-ring (bicyclic) bond motifs is 6. The Hall–Kier alpha value is -7.41. The molecule has 10 aromatic rings. The fraction of sp³-hybridized carbons (Fsp3) is 0. The third-order valence-corrected chi connectivity index (χ3v) is 10.5. The third kappa shape index (κ3) is 5.29. The van der Waals surface area contributed by atoms with Crippen molar-refractivity contribution in [1.29, 1.82) is 0 Å². The Kier molecular flexibility index (Phi) is 7.53. The van der Waals surface area contributed by atoms with Crippen molar-refractivity contribution in [2.75, 3.05) is 4.90 Å². The minimum atomic E-state index is 0.628. The van der Waals surface area contributed by atoms with Crippen LogP contribution in [-0.2, 0) is 0 Å². The molecular formula is C51H32N2O. The smallest absolute Gasteiger partial charge is 0.187 e. The number of furan rings is 1. The van der Waals surface area contributed by atoms with Crippen LogP contribution in [0.25, 0.3) is 81.7 Å². The van der Waals surface area contributed by atoms with Gasteiger partial charge in [-0.25, -0.2) is 4.85 Å². The average molecular weight is 689 g/mol. The molecular weight excluding hydrogens is 657 g/mol. The van der Waals surface area contributed by atoms with Crippen LogP contribution >= 0.6 is 0 Å². The van der Waals surface area contributed by atoms with E-state index in [1.165, 1.54) is 38.2 Å². The molecule has 3 nitrogen and oxygen atoms in total. The largest absolute Gasteiger partial charge is 0.454 e. The first kappa shape index (κ1) is 31.3. The highest BCUT2D eigenvalue weighted by atomic mass is 16.3. The first-order valence-electron chi connectivity index (χ1n) is 18.1. The molecule has 0 amide bonds. The van der Waals surface area contributed by atoms with Gasteiger partial charge in [0.2, 0.25) is 0 Å². The quantitative estimate of drug-likeness (QED) is 0.162. The lowest BCUT2D eigenvalue weighted by Crippen LogP contribution is -2.10. The van der Waals surface area contributed by atoms with Crippen molar-refractivity contribution in [3.63, 3.8) is 0 Å². The second-order valence-electron chi connectivity index (χ2n) is 13.6. The van der Waals surface area contributed by atoms with Crippen LogP contribution in [0.3, 0.4) is 0 Å². The van der Waals surface area contributed by atoms with E-state index in [1.54, 1.807) is 0 Å². The summed E-state index contributed by atoms with van der Waals surface area (Å²) in [5, 5.41) is 7.02. The summed E-state index contributed by atoms with van der Waals surface area (Å²) in [4.78, 5) is 5.89. The van der Waals surface area contributed by atoms with Gasteiger partial charge < -0.3 is 9.32 Å². The lowest BCUT2D eigenvalue weighted by atomic mass is 9.91. The predicted molar refractivity (Wildman–Crippen MR) is 226 cm³/mol. The molecule has 252 valence electrons. The van der Waals surface area contributed by atoms with Crippen LogP contribution in [0.15, 0.2) is 199 Å². The number of hydrogen-bond donors (Lipinski definition) is 0. The molecule has 0 spiro atoms. The van der Waals surface area contributed by atoms with Gasteiger partial charge in [-0.05, 0) is 91.3 Å². The van der Waals surface area contributed by atoms with Gasteiger partial charge in [-0.1, -0.05) is 158 Å². The Morgan fingerprint density at radius 2 is 1.06 bits per heavy atom. The molecule has 3 heteroatoms. The first-order chi connectivity index (χ1) is 26.7. The van der Waals surface area contributed by atoms with Crippen molar-refractivity contribution in [2.24, 2.45) is 0 Å². The van der Waals surface area contributed by atoms with Crippen LogP contribution < -0.4 is 4.90 Å². The number of benzene rings is 9. The van der Waals surface area contributed by atoms with Crippen LogP contribution in [0.1, 0.15) is 0 Å². The molecule has 0 aliphatic rings. The summed E-state index contributed by atoms with van der Waals surface area (Å²) >= 11 is 0. The monoisotopic (exact) mass is 688 g/mol. The zero-order chi connectivity index (χ0) is 36.0. The molecule has 54 heavy (non-hydrogen) atoms. The highest BCUT2D eigenvalue weighted by Crippen LogP contribution is 2.45. The number of anilines is 3. The zero-order valence-corrected chi connectivity index (χ0v) is 29.3. The van der Waals surface area contributed by atoms with Crippen LogP contribution in [0, 0.1) is 6.57 Å². The second-order valence-corrected chi connectivity index (χ2v) is 13.6. The minimum absolute atomic E-state index is 0.628. The van der Waals surface area contributed by atoms with E-state index in [-0.39, 0.29) is 0 Å². The molecule has 0 aliphatic heterocycles. The standard InChI is InChI=1S/C51H32N2O/c1-52-40-28-23-34(24-29-40)39-16-7-17-42(33-39)53(47-22-10-21-46-50-45-18-6-5-13-36(45)27-32-48(50)54-51(46)47)41-30-25-37(26-31-41)44-20-9-15-38-14-8-19-43(49(38)44)35-11-3-2-4-12-35/h2-33H. The van der Waals surface area contributed by atoms with Crippen LogP contribution in [-0.4, -0.2) is 0 Å². The maximum atomic E-state index is 7.42. The Bertz CT molecular complexity index is 3040. The van der Waals surface area contributed by atoms with Gasteiger partial charge in [-0.2, -0.15) is 0 Å². The maximum absolute atomic E-state index is 7.42. The van der Waals surface area contributed by atoms with Crippen molar-refractivity contribution in [2.45, 2.75) is 0 Å². The third-order valence-electron chi connectivity index (χ3n) is 10.5. The highest BCUT2D eigenvalue weighted by molar-refractivity contribution is 6.21. The number of rotatable bonds is 6. The molecule has 0 aliphatic carbocycles. The summed E-state index contributed by atoms with van der Waals surface area (Å²) in [6, 6.07) is 68.2. The molecule has 0 bridgehead atoms. The van der Waals surface area contributed by atoms with E-state index in [4.69, 9.17) is 11.0 Å². The van der Waals surface area contributed by atoms with E-state index in [0.29, 0.717) is 5.69 Å². The fourth-order valence-corrected chi connectivity index (χ4v) is 7.94. The van der Waals surface area contributed by atoms with E-state index >= 15 is 0 Å². The highest BCUT2D eigenvalue weighted by Gasteiger charge is 2.21. The Morgan fingerprint density at radius 3 is 1.83 bits per heavy atom. The van der Waals surface area contributed by atoms with Gasteiger partial charge in [0.25, 0.3) is 0 Å². The summed E-state index contributed by atoms with van der Waals surface area (Å²) in [6.07, 6.45) is 0. The van der Waals surface area contributed by atoms with Crippen molar-refractivity contribution < 1.29 is 4.42 Å². The molecule has 0 unspecified atom stereocenters. The van der Waals surface area contributed by atoms with Crippen molar-refractivity contribution >= 4 is 66.2 Å².